The molecule has 2 saturated carbocycles. The van der Waals surface area contributed by atoms with Gasteiger partial charge in [0.25, 0.3) is 0 Å². The van der Waals surface area contributed by atoms with Crippen molar-refractivity contribution < 1.29 is 9.90 Å². The Morgan fingerprint density at radius 1 is 1.46 bits per heavy atom. The van der Waals surface area contributed by atoms with Crippen molar-refractivity contribution in [3.63, 3.8) is 0 Å². The van der Waals surface area contributed by atoms with Crippen LogP contribution in [0.4, 0.5) is 0 Å². The van der Waals surface area contributed by atoms with Gasteiger partial charge in [-0.2, -0.15) is 0 Å². The average Bonchev–Trinajstić information content (AvgIpc) is 2.58. The fourth-order valence-corrected chi connectivity index (χ4v) is 3.11. The molecule has 0 aromatic rings. The number of aliphatic carboxylic acids is 1. The smallest absolute Gasteiger partial charge is 0.309 e. The van der Waals surface area contributed by atoms with Gasteiger partial charge in [0.05, 0.1) is 5.41 Å². The lowest BCUT2D eigenvalue weighted by molar-refractivity contribution is -0.150. The van der Waals surface area contributed by atoms with Crippen LogP contribution in [0.2, 0.25) is 0 Å². The molecule has 0 bridgehead atoms. The first-order valence-corrected chi connectivity index (χ1v) is 5.27. The normalized spacial score (nSPS) is 42.1. The van der Waals surface area contributed by atoms with Crippen molar-refractivity contribution in [2.24, 2.45) is 23.2 Å². The number of carbonyl (C=O) groups is 1. The van der Waals surface area contributed by atoms with E-state index in [1.807, 2.05) is 0 Å². The third kappa shape index (κ3) is 1.47. The molecule has 74 valence electrons. The molecule has 2 fully saturated rings. The van der Waals surface area contributed by atoms with Crippen molar-refractivity contribution in [2.75, 3.05) is 0 Å². The number of fused-ring (bicyclic) bond motifs is 1. The lowest BCUT2D eigenvalue weighted by atomic mass is 9.76. The highest BCUT2D eigenvalue weighted by molar-refractivity contribution is 5.75. The largest absolute Gasteiger partial charge is 0.481 e. The second-order valence-electron chi connectivity index (χ2n) is 5.35. The van der Waals surface area contributed by atoms with Gasteiger partial charge in [0, 0.05) is 0 Å². The first-order chi connectivity index (χ1) is 6.03. The maximum atomic E-state index is 11.2. The van der Waals surface area contributed by atoms with Crippen molar-refractivity contribution >= 4 is 5.97 Å². The molecule has 0 heterocycles. The summed E-state index contributed by atoms with van der Waals surface area (Å²) in [5, 5.41) is 9.25. The topological polar surface area (TPSA) is 37.3 Å². The summed E-state index contributed by atoms with van der Waals surface area (Å²) >= 11 is 0. The maximum Gasteiger partial charge on any atom is 0.309 e. The van der Waals surface area contributed by atoms with E-state index in [-0.39, 0.29) is 5.41 Å². The van der Waals surface area contributed by atoms with Crippen LogP contribution in [-0.2, 0) is 4.79 Å². The molecule has 0 saturated heterocycles. The van der Waals surface area contributed by atoms with Crippen LogP contribution in [-0.4, -0.2) is 11.1 Å². The van der Waals surface area contributed by atoms with Crippen LogP contribution >= 0.6 is 0 Å². The first kappa shape index (κ1) is 9.04. The highest BCUT2D eigenvalue weighted by Crippen LogP contribution is 2.61. The lowest BCUT2D eigenvalue weighted by Crippen LogP contribution is -2.31. The van der Waals surface area contributed by atoms with Crippen LogP contribution in [0.3, 0.4) is 0 Å². The van der Waals surface area contributed by atoms with E-state index < -0.39 is 5.97 Å². The fourth-order valence-electron chi connectivity index (χ4n) is 3.11. The van der Waals surface area contributed by atoms with Gasteiger partial charge in [0.2, 0.25) is 0 Å². The molecule has 0 radical (unpaired) electrons. The molecule has 1 unspecified atom stereocenters. The number of carboxylic acids is 1. The van der Waals surface area contributed by atoms with Crippen LogP contribution in [0.5, 0.6) is 0 Å². The molecule has 0 aliphatic heterocycles. The molecule has 0 spiro atoms. The van der Waals surface area contributed by atoms with E-state index in [0.29, 0.717) is 5.92 Å². The van der Waals surface area contributed by atoms with Crippen LogP contribution < -0.4 is 0 Å². The molecule has 2 aliphatic rings. The molecule has 2 aliphatic carbocycles. The van der Waals surface area contributed by atoms with Crippen molar-refractivity contribution in [2.45, 2.75) is 39.5 Å². The average molecular weight is 182 g/mol. The van der Waals surface area contributed by atoms with Gasteiger partial charge >= 0.3 is 5.97 Å². The fraction of sp³-hybridized carbons (Fsp3) is 0.909. The zero-order valence-electron chi connectivity index (χ0n) is 8.42. The minimum Gasteiger partial charge on any atom is -0.481 e. The Bertz CT molecular complexity index is 222. The predicted molar refractivity (Wildman–Crippen MR) is 50.4 cm³/mol. The summed E-state index contributed by atoms with van der Waals surface area (Å²) in [6.07, 6.45) is 4.07. The lowest BCUT2D eigenvalue weighted by Gasteiger charge is -2.27. The zero-order valence-corrected chi connectivity index (χ0v) is 8.42. The second kappa shape index (κ2) is 2.73. The Balaban J connectivity index is 2.08. The minimum atomic E-state index is -0.548. The van der Waals surface area contributed by atoms with Gasteiger partial charge in [0.15, 0.2) is 0 Å². The van der Waals surface area contributed by atoms with Crippen molar-refractivity contribution in [1.82, 2.24) is 0 Å². The summed E-state index contributed by atoms with van der Waals surface area (Å²) in [6.45, 7) is 4.24. The van der Waals surface area contributed by atoms with Gasteiger partial charge in [-0.25, -0.2) is 0 Å². The maximum absolute atomic E-state index is 11.2. The predicted octanol–water partition coefficient (Wildman–Crippen LogP) is 2.53. The SMILES string of the molecule is CC(C)CC1(C(=O)O)C[C@H]2C[C@H]2C1. The summed E-state index contributed by atoms with van der Waals surface area (Å²) < 4.78 is 0. The quantitative estimate of drug-likeness (QED) is 0.728. The highest BCUT2D eigenvalue weighted by atomic mass is 16.4. The van der Waals surface area contributed by atoms with Crippen molar-refractivity contribution in [3.05, 3.63) is 0 Å². The van der Waals surface area contributed by atoms with Gasteiger partial charge in [-0.15, -0.1) is 0 Å². The molecular weight excluding hydrogens is 164 g/mol. The van der Waals surface area contributed by atoms with Crippen LogP contribution in [0, 0.1) is 23.2 Å². The van der Waals surface area contributed by atoms with E-state index in [1.165, 1.54) is 6.42 Å². The zero-order chi connectivity index (χ0) is 9.64. The minimum absolute atomic E-state index is 0.345. The Labute approximate surface area is 79.3 Å². The molecule has 0 aromatic heterocycles. The number of carboxylic acid groups (broad SMARTS) is 1. The van der Waals surface area contributed by atoms with Crippen LogP contribution in [0.15, 0.2) is 0 Å². The Kier molecular flexibility index (Phi) is 1.90. The monoisotopic (exact) mass is 182 g/mol. The van der Waals surface area contributed by atoms with E-state index in [0.717, 1.165) is 31.1 Å². The molecule has 2 nitrogen and oxygen atoms in total. The Morgan fingerprint density at radius 2 is 2.00 bits per heavy atom. The summed E-state index contributed by atoms with van der Waals surface area (Å²) in [6, 6.07) is 0. The molecule has 1 N–H and O–H groups in total. The standard InChI is InChI=1S/C11H18O2/c1-7(2)4-11(10(12)13)5-8-3-9(8)6-11/h7-9H,3-6H2,1-2H3,(H,12,13)/t8-,9+,11?. The van der Waals surface area contributed by atoms with E-state index >= 15 is 0 Å². The van der Waals surface area contributed by atoms with Gasteiger partial charge in [0.1, 0.15) is 0 Å². The van der Waals surface area contributed by atoms with Gasteiger partial charge in [-0.1, -0.05) is 13.8 Å². The highest BCUT2D eigenvalue weighted by Gasteiger charge is 2.57. The Morgan fingerprint density at radius 3 is 2.38 bits per heavy atom. The molecule has 0 aromatic carbocycles. The second-order valence-corrected chi connectivity index (χ2v) is 5.35. The Hall–Kier alpha value is -0.530. The number of rotatable bonds is 3. The molecular formula is C11H18O2. The summed E-state index contributed by atoms with van der Waals surface area (Å²) in [4.78, 5) is 11.2. The van der Waals surface area contributed by atoms with E-state index in [2.05, 4.69) is 13.8 Å². The molecule has 2 heteroatoms. The molecule has 2 rings (SSSR count). The molecule has 0 amide bonds. The third-order valence-electron chi connectivity index (χ3n) is 3.63. The first-order valence-electron chi connectivity index (χ1n) is 5.27. The summed E-state index contributed by atoms with van der Waals surface area (Å²) in [5.41, 5.74) is -0.345. The van der Waals surface area contributed by atoms with Crippen LogP contribution in [0.25, 0.3) is 0 Å². The van der Waals surface area contributed by atoms with Gasteiger partial charge in [-0.3, -0.25) is 4.79 Å². The van der Waals surface area contributed by atoms with E-state index in [9.17, 15) is 9.90 Å². The summed E-state index contributed by atoms with van der Waals surface area (Å²) in [5.74, 6) is 1.48. The summed E-state index contributed by atoms with van der Waals surface area (Å²) in [7, 11) is 0. The van der Waals surface area contributed by atoms with Gasteiger partial charge in [-0.05, 0) is 43.4 Å². The third-order valence-corrected chi connectivity index (χ3v) is 3.63. The van der Waals surface area contributed by atoms with E-state index in [1.54, 1.807) is 0 Å². The molecule has 13 heavy (non-hydrogen) atoms. The van der Waals surface area contributed by atoms with E-state index in [4.69, 9.17) is 0 Å². The van der Waals surface area contributed by atoms with Crippen LogP contribution in [0.1, 0.15) is 39.5 Å². The van der Waals surface area contributed by atoms with Crippen molar-refractivity contribution in [1.29, 1.82) is 0 Å². The number of hydrogen-bond donors (Lipinski definition) is 1. The molecule has 3 atom stereocenters. The van der Waals surface area contributed by atoms with Gasteiger partial charge < -0.3 is 5.11 Å². The van der Waals surface area contributed by atoms with Crippen molar-refractivity contribution in [3.8, 4) is 0 Å². The number of hydrogen-bond acceptors (Lipinski definition) is 1.